The summed E-state index contributed by atoms with van der Waals surface area (Å²) in [6, 6.07) is 13.3. The number of nitrogens with zero attached hydrogens (tertiary/aromatic N) is 3. The Bertz CT molecular complexity index is 920. The highest BCUT2D eigenvalue weighted by Gasteiger charge is 2.19. The Morgan fingerprint density at radius 3 is 2.60 bits per heavy atom. The lowest BCUT2D eigenvalue weighted by Gasteiger charge is -2.14. The van der Waals surface area contributed by atoms with E-state index in [-0.39, 0.29) is 16.5 Å². The molecule has 0 bridgehead atoms. The molecule has 0 spiro atoms. The molecule has 8 heteroatoms. The number of primary amides is 1. The molecule has 1 amide bonds. The van der Waals surface area contributed by atoms with Crippen molar-refractivity contribution in [2.75, 3.05) is 11.6 Å². The minimum Gasteiger partial charge on any atom is -0.365 e. The molecule has 0 atom stereocenters. The summed E-state index contributed by atoms with van der Waals surface area (Å²) in [4.78, 5) is 24.6. The van der Waals surface area contributed by atoms with Crippen molar-refractivity contribution < 1.29 is 4.79 Å². The molecule has 2 aromatic heterocycles. The number of amides is 1. The van der Waals surface area contributed by atoms with Crippen molar-refractivity contribution >= 4 is 40.8 Å². The number of hydrogen-bond donors (Lipinski definition) is 2. The predicted octanol–water partition coefficient (Wildman–Crippen LogP) is 3.76. The van der Waals surface area contributed by atoms with Crippen LogP contribution in [0.2, 0.25) is 5.15 Å². The maximum Gasteiger partial charge on any atom is 0.255 e. The van der Waals surface area contributed by atoms with Crippen LogP contribution in [0.3, 0.4) is 0 Å². The van der Waals surface area contributed by atoms with Gasteiger partial charge in [0, 0.05) is 11.8 Å². The largest absolute Gasteiger partial charge is 0.365 e. The summed E-state index contributed by atoms with van der Waals surface area (Å²) >= 11 is 7.42. The molecule has 1 aromatic carbocycles. The van der Waals surface area contributed by atoms with Crippen LogP contribution >= 0.6 is 23.4 Å². The van der Waals surface area contributed by atoms with Crippen molar-refractivity contribution in [2.24, 2.45) is 5.73 Å². The predicted molar refractivity (Wildman–Crippen MR) is 100 cm³/mol. The van der Waals surface area contributed by atoms with Crippen LogP contribution in [0.25, 0.3) is 11.3 Å². The van der Waals surface area contributed by atoms with Crippen molar-refractivity contribution in [3.8, 4) is 11.3 Å². The molecule has 126 valence electrons. The average Bonchev–Trinajstić information content (AvgIpc) is 2.62. The molecule has 0 saturated carbocycles. The fourth-order valence-electron chi connectivity index (χ4n) is 2.27. The zero-order valence-corrected chi connectivity index (χ0v) is 14.8. The molecule has 0 aliphatic rings. The Morgan fingerprint density at radius 2 is 1.92 bits per heavy atom. The summed E-state index contributed by atoms with van der Waals surface area (Å²) < 4.78 is 0. The van der Waals surface area contributed by atoms with E-state index >= 15 is 0 Å². The standard InChI is InChI=1S/C17H14ClN5OS/c1-25-17-22-14(18)12(15(19)24)16(23-17)21-11-8-5-9-20-13(11)10-6-3-2-4-7-10/h2-9H,1H3,(H2,19,24)(H,21,22,23). The van der Waals surface area contributed by atoms with E-state index < -0.39 is 5.91 Å². The van der Waals surface area contributed by atoms with Gasteiger partial charge in [-0.05, 0) is 18.4 Å². The van der Waals surface area contributed by atoms with E-state index in [9.17, 15) is 4.79 Å². The number of hydrogen-bond acceptors (Lipinski definition) is 6. The molecule has 0 radical (unpaired) electrons. The first kappa shape index (κ1) is 17.2. The average molecular weight is 372 g/mol. The maximum atomic E-state index is 11.8. The first-order valence-electron chi connectivity index (χ1n) is 7.29. The zero-order valence-electron chi connectivity index (χ0n) is 13.2. The number of carbonyl (C=O) groups is 1. The number of thioether (sulfide) groups is 1. The van der Waals surface area contributed by atoms with Crippen molar-refractivity contribution in [2.45, 2.75) is 5.16 Å². The highest BCUT2D eigenvalue weighted by Crippen LogP contribution is 2.31. The maximum absolute atomic E-state index is 11.8. The van der Waals surface area contributed by atoms with Crippen LogP contribution in [0, 0.1) is 0 Å². The Balaban J connectivity index is 2.10. The summed E-state index contributed by atoms with van der Waals surface area (Å²) in [7, 11) is 0. The van der Waals surface area contributed by atoms with Crippen molar-refractivity contribution in [1.29, 1.82) is 0 Å². The monoisotopic (exact) mass is 371 g/mol. The summed E-state index contributed by atoms with van der Waals surface area (Å²) in [5.74, 6) is -0.452. The van der Waals surface area contributed by atoms with E-state index in [4.69, 9.17) is 17.3 Å². The van der Waals surface area contributed by atoms with Crippen molar-refractivity contribution in [1.82, 2.24) is 15.0 Å². The third kappa shape index (κ3) is 3.72. The molecule has 0 saturated heterocycles. The highest BCUT2D eigenvalue weighted by molar-refractivity contribution is 7.98. The first-order chi connectivity index (χ1) is 12.1. The molecule has 25 heavy (non-hydrogen) atoms. The minimum atomic E-state index is -0.703. The second-order valence-corrected chi connectivity index (χ2v) is 6.11. The topological polar surface area (TPSA) is 93.8 Å². The Labute approximate surface area is 153 Å². The zero-order chi connectivity index (χ0) is 17.8. The SMILES string of the molecule is CSc1nc(Cl)c(C(N)=O)c(Nc2cccnc2-c2ccccc2)n1. The first-order valence-corrected chi connectivity index (χ1v) is 8.89. The smallest absolute Gasteiger partial charge is 0.255 e. The third-order valence-corrected chi connectivity index (χ3v) is 4.20. The number of aromatic nitrogens is 3. The number of nitrogens with one attached hydrogen (secondary N) is 1. The molecular formula is C17H14ClN5OS. The van der Waals surface area contributed by atoms with Crippen LogP contribution < -0.4 is 11.1 Å². The van der Waals surface area contributed by atoms with E-state index in [0.717, 1.165) is 11.3 Å². The van der Waals surface area contributed by atoms with Crippen molar-refractivity contribution in [3.63, 3.8) is 0 Å². The summed E-state index contributed by atoms with van der Waals surface area (Å²) in [5.41, 5.74) is 7.82. The summed E-state index contributed by atoms with van der Waals surface area (Å²) in [6.45, 7) is 0. The molecule has 0 aliphatic carbocycles. The fraction of sp³-hybridized carbons (Fsp3) is 0.0588. The second-order valence-electron chi connectivity index (χ2n) is 4.98. The van der Waals surface area contributed by atoms with Crippen LogP contribution in [0.4, 0.5) is 11.5 Å². The number of halogens is 1. The third-order valence-electron chi connectivity index (χ3n) is 3.38. The number of rotatable bonds is 5. The van der Waals surface area contributed by atoms with Crippen LogP contribution in [0.1, 0.15) is 10.4 Å². The van der Waals surface area contributed by atoms with Gasteiger partial charge in [-0.15, -0.1) is 0 Å². The lowest BCUT2D eigenvalue weighted by molar-refractivity contribution is 0.100. The van der Waals surface area contributed by atoms with Gasteiger partial charge in [-0.3, -0.25) is 9.78 Å². The summed E-state index contributed by atoms with van der Waals surface area (Å²) in [6.07, 6.45) is 3.52. The van der Waals surface area contributed by atoms with Gasteiger partial charge in [-0.2, -0.15) is 0 Å². The quantitative estimate of drug-likeness (QED) is 0.403. The van der Waals surface area contributed by atoms with Crippen LogP contribution in [0.5, 0.6) is 0 Å². The van der Waals surface area contributed by atoms with Gasteiger partial charge >= 0.3 is 0 Å². The van der Waals surface area contributed by atoms with Gasteiger partial charge < -0.3 is 11.1 Å². The van der Waals surface area contributed by atoms with E-state index in [0.29, 0.717) is 10.8 Å². The van der Waals surface area contributed by atoms with E-state index in [1.165, 1.54) is 11.8 Å². The molecular weight excluding hydrogens is 358 g/mol. The minimum absolute atomic E-state index is 0.0134. The fourth-order valence-corrected chi connectivity index (χ4v) is 2.95. The molecule has 0 fully saturated rings. The molecule has 3 aromatic rings. The number of carbonyl (C=O) groups excluding carboxylic acids is 1. The van der Waals surface area contributed by atoms with Crippen LogP contribution in [-0.2, 0) is 0 Å². The molecule has 3 N–H and O–H groups in total. The lowest BCUT2D eigenvalue weighted by atomic mass is 10.1. The summed E-state index contributed by atoms with van der Waals surface area (Å²) in [5, 5.41) is 3.57. The number of anilines is 2. The molecule has 2 heterocycles. The number of pyridine rings is 1. The lowest BCUT2D eigenvalue weighted by Crippen LogP contribution is -2.16. The van der Waals surface area contributed by atoms with Gasteiger partial charge in [-0.25, -0.2) is 9.97 Å². The van der Waals surface area contributed by atoms with Gasteiger partial charge in [0.2, 0.25) is 0 Å². The van der Waals surface area contributed by atoms with Crippen LogP contribution in [0.15, 0.2) is 53.8 Å². The van der Waals surface area contributed by atoms with Gasteiger partial charge in [0.25, 0.3) is 5.91 Å². The van der Waals surface area contributed by atoms with Gasteiger partial charge in [0.05, 0.1) is 11.4 Å². The van der Waals surface area contributed by atoms with E-state index in [1.807, 2.05) is 42.7 Å². The van der Waals surface area contributed by atoms with E-state index in [2.05, 4.69) is 20.3 Å². The van der Waals surface area contributed by atoms with Crippen molar-refractivity contribution in [3.05, 3.63) is 59.4 Å². The molecule has 6 nitrogen and oxygen atoms in total. The van der Waals surface area contributed by atoms with Gasteiger partial charge in [0.15, 0.2) is 5.16 Å². The molecule has 3 rings (SSSR count). The molecule has 0 unspecified atom stereocenters. The highest BCUT2D eigenvalue weighted by atomic mass is 35.5. The second kappa shape index (κ2) is 7.50. The van der Waals surface area contributed by atoms with Gasteiger partial charge in [-0.1, -0.05) is 53.7 Å². The van der Waals surface area contributed by atoms with E-state index in [1.54, 1.807) is 12.3 Å². The Kier molecular flexibility index (Phi) is 5.16. The van der Waals surface area contributed by atoms with Gasteiger partial charge in [0.1, 0.15) is 16.5 Å². The normalized spacial score (nSPS) is 10.5. The Morgan fingerprint density at radius 1 is 1.16 bits per heavy atom. The Hall–Kier alpha value is -2.64. The molecule has 0 aliphatic heterocycles. The number of benzene rings is 1. The number of nitrogens with two attached hydrogens (primary N) is 1. The van der Waals surface area contributed by atoms with Crippen LogP contribution in [-0.4, -0.2) is 27.1 Å².